The van der Waals surface area contributed by atoms with Gasteiger partial charge in [-0.15, -0.1) is 0 Å². The summed E-state index contributed by atoms with van der Waals surface area (Å²) in [5.41, 5.74) is -2.27. The van der Waals surface area contributed by atoms with Gasteiger partial charge in [-0.3, -0.25) is 18.9 Å². The summed E-state index contributed by atoms with van der Waals surface area (Å²) in [5.74, 6) is -0.496. The maximum atomic E-state index is 13.9. The molecule has 0 radical (unpaired) electrons. The lowest BCUT2D eigenvalue weighted by molar-refractivity contribution is -0.163. The van der Waals surface area contributed by atoms with Crippen LogP contribution in [0.1, 0.15) is 48.5 Å². The van der Waals surface area contributed by atoms with Gasteiger partial charge in [0, 0.05) is 37.0 Å². The standard InChI is InChI=1S/C29H28ClF3N4O6/c1-36-26-24(27(39)37(28(36)40)10-4-12-42-22-5-2-3-11-41-22)23(25(38)17-6-8-19(30)9-7-17)21(16-35-26)43-20-13-18(14-34-15-20)29(31,32)33/h6-9,13-16,22,25,38H,2-5,10-12H2,1H3. The van der Waals surface area contributed by atoms with Crippen molar-refractivity contribution in [3.8, 4) is 11.5 Å². The normalized spacial score (nSPS) is 16.4. The number of ether oxygens (including phenoxy) is 3. The number of aromatic nitrogens is 4. The van der Waals surface area contributed by atoms with Gasteiger partial charge in [-0.05, 0) is 49.4 Å². The number of hydrogen-bond donors (Lipinski definition) is 1. The van der Waals surface area contributed by atoms with Gasteiger partial charge in [-0.2, -0.15) is 13.2 Å². The van der Waals surface area contributed by atoms with E-state index in [9.17, 15) is 27.9 Å². The molecule has 1 N–H and O–H groups in total. The predicted octanol–water partition coefficient (Wildman–Crippen LogP) is 4.97. The summed E-state index contributed by atoms with van der Waals surface area (Å²) >= 11 is 6.02. The fourth-order valence-electron chi connectivity index (χ4n) is 4.85. The fraction of sp³-hybridized carbons (Fsp3) is 0.379. The van der Waals surface area contributed by atoms with E-state index in [2.05, 4.69) is 9.97 Å². The Morgan fingerprint density at radius 1 is 1.16 bits per heavy atom. The third-order valence-corrected chi connectivity index (χ3v) is 7.30. The molecule has 0 amide bonds. The molecule has 1 aliphatic heterocycles. The summed E-state index contributed by atoms with van der Waals surface area (Å²) in [4.78, 5) is 34.9. The number of halogens is 4. The first-order valence-electron chi connectivity index (χ1n) is 13.5. The molecule has 228 valence electrons. The molecule has 0 aliphatic carbocycles. The number of aryl methyl sites for hydroxylation is 1. The third-order valence-electron chi connectivity index (χ3n) is 7.05. The Labute approximate surface area is 248 Å². The quantitative estimate of drug-likeness (QED) is 0.261. The van der Waals surface area contributed by atoms with Crippen molar-refractivity contribution in [3.05, 3.63) is 91.5 Å². The highest BCUT2D eigenvalue weighted by Gasteiger charge is 2.32. The fourth-order valence-corrected chi connectivity index (χ4v) is 4.98. The Morgan fingerprint density at radius 3 is 2.63 bits per heavy atom. The van der Waals surface area contributed by atoms with E-state index in [1.54, 1.807) is 0 Å². The third kappa shape index (κ3) is 6.74. The van der Waals surface area contributed by atoms with Crippen molar-refractivity contribution < 1.29 is 32.5 Å². The molecule has 2 unspecified atom stereocenters. The van der Waals surface area contributed by atoms with Crippen LogP contribution in [0.15, 0.2) is 58.5 Å². The van der Waals surface area contributed by atoms with Gasteiger partial charge in [-0.1, -0.05) is 23.7 Å². The molecule has 1 saturated heterocycles. The van der Waals surface area contributed by atoms with Gasteiger partial charge in [-0.25, -0.2) is 9.78 Å². The van der Waals surface area contributed by atoms with Crippen molar-refractivity contribution in [2.45, 2.75) is 50.8 Å². The first-order valence-corrected chi connectivity index (χ1v) is 13.9. The van der Waals surface area contributed by atoms with Gasteiger partial charge in [0.1, 0.15) is 17.5 Å². The Hall–Kier alpha value is -3.78. The zero-order chi connectivity index (χ0) is 30.7. The Balaban J connectivity index is 1.59. The molecule has 1 aliphatic rings. The Morgan fingerprint density at radius 2 is 1.93 bits per heavy atom. The highest BCUT2D eigenvalue weighted by molar-refractivity contribution is 6.30. The number of hydrogen-bond acceptors (Lipinski definition) is 8. The van der Waals surface area contributed by atoms with Gasteiger partial charge < -0.3 is 19.3 Å². The van der Waals surface area contributed by atoms with Crippen LogP contribution in [-0.2, 0) is 29.2 Å². The molecule has 4 heterocycles. The van der Waals surface area contributed by atoms with Crippen molar-refractivity contribution in [2.75, 3.05) is 13.2 Å². The van der Waals surface area contributed by atoms with E-state index in [0.29, 0.717) is 29.8 Å². The maximum absolute atomic E-state index is 13.9. The van der Waals surface area contributed by atoms with E-state index < -0.39 is 29.1 Å². The Bertz CT molecular complexity index is 1720. The summed E-state index contributed by atoms with van der Waals surface area (Å²) in [6.07, 6.45) is -0.646. The van der Waals surface area contributed by atoms with E-state index in [4.69, 9.17) is 25.8 Å². The minimum Gasteiger partial charge on any atom is -0.454 e. The van der Waals surface area contributed by atoms with Crippen LogP contribution in [0.2, 0.25) is 5.02 Å². The first kappa shape index (κ1) is 30.7. The number of nitrogens with zero attached hydrogens (tertiary/aromatic N) is 4. The smallest absolute Gasteiger partial charge is 0.418 e. The second-order valence-corrected chi connectivity index (χ2v) is 10.5. The number of fused-ring (bicyclic) bond motifs is 1. The van der Waals surface area contributed by atoms with Crippen LogP contribution in [0.3, 0.4) is 0 Å². The molecule has 4 aromatic rings. The van der Waals surface area contributed by atoms with Crippen LogP contribution in [-0.4, -0.2) is 43.7 Å². The molecule has 0 spiro atoms. The number of benzene rings is 1. The minimum atomic E-state index is -4.68. The lowest BCUT2D eigenvalue weighted by atomic mass is 9.98. The van der Waals surface area contributed by atoms with E-state index in [-0.39, 0.29) is 47.5 Å². The molecule has 0 bridgehead atoms. The Kier molecular flexibility index (Phi) is 9.16. The lowest BCUT2D eigenvalue weighted by Crippen LogP contribution is -2.40. The molecule has 2 atom stereocenters. The highest BCUT2D eigenvalue weighted by atomic mass is 35.5. The van der Waals surface area contributed by atoms with Gasteiger partial charge >= 0.3 is 11.9 Å². The molecule has 14 heteroatoms. The molecule has 1 aromatic carbocycles. The number of aliphatic hydroxyl groups excluding tert-OH is 1. The molecule has 0 saturated carbocycles. The second kappa shape index (κ2) is 12.8. The molecular formula is C29H28ClF3N4O6. The lowest BCUT2D eigenvalue weighted by Gasteiger charge is -2.22. The first-order chi connectivity index (χ1) is 20.5. The van der Waals surface area contributed by atoms with Gasteiger partial charge in [0.05, 0.1) is 30.0 Å². The van der Waals surface area contributed by atoms with Crippen LogP contribution in [0.5, 0.6) is 11.5 Å². The predicted molar refractivity (Wildman–Crippen MR) is 150 cm³/mol. The van der Waals surface area contributed by atoms with Crippen molar-refractivity contribution in [3.63, 3.8) is 0 Å². The van der Waals surface area contributed by atoms with Crippen LogP contribution in [0, 0.1) is 0 Å². The molecule has 5 rings (SSSR count). The maximum Gasteiger partial charge on any atom is 0.418 e. The summed E-state index contributed by atoms with van der Waals surface area (Å²) in [7, 11) is 1.43. The van der Waals surface area contributed by atoms with E-state index in [0.717, 1.165) is 46.9 Å². The van der Waals surface area contributed by atoms with Gasteiger partial charge in [0.2, 0.25) is 0 Å². The van der Waals surface area contributed by atoms with Crippen LogP contribution >= 0.6 is 11.6 Å². The number of aliphatic hydroxyl groups is 1. The van der Waals surface area contributed by atoms with Gasteiger partial charge in [0.15, 0.2) is 12.0 Å². The number of pyridine rings is 2. The van der Waals surface area contributed by atoms with Crippen molar-refractivity contribution >= 4 is 22.6 Å². The summed E-state index contributed by atoms with van der Waals surface area (Å²) in [6.45, 7) is 0.845. The monoisotopic (exact) mass is 620 g/mol. The van der Waals surface area contributed by atoms with Crippen LogP contribution < -0.4 is 16.0 Å². The largest absolute Gasteiger partial charge is 0.454 e. The summed E-state index contributed by atoms with van der Waals surface area (Å²) in [5, 5.41) is 11.8. The number of rotatable bonds is 9. The van der Waals surface area contributed by atoms with E-state index in [1.807, 2.05) is 0 Å². The van der Waals surface area contributed by atoms with E-state index in [1.165, 1.54) is 31.3 Å². The van der Waals surface area contributed by atoms with Crippen LogP contribution in [0.25, 0.3) is 11.0 Å². The summed E-state index contributed by atoms with van der Waals surface area (Å²) < 4.78 is 59.2. The van der Waals surface area contributed by atoms with Crippen molar-refractivity contribution in [1.29, 1.82) is 0 Å². The molecule has 43 heavy (non-hydrogen) atoms. The van der Waals surface area contributed by atoms with Crippen molar-refractivity contribution in [2.24, 2.45) is 7.05 Å². The van der Waals surface area contributed by atoms with E-state index >= 15 is 0 Å². The topological polar surface area (TPSA) is 118 Å². The van der Waals surface area contributed by atoms with Crippen LogP contribution in [0.4, 0.5) is 13.2 Å². The molecule has 3 aromatic heterocycles. The second-order valence-electron chi connectivity index (χ2n) is 10.0. The van der Waals surface area contributed by atoms with Crippen molar-refractivity contribution in [1.82, 2.24) is 19.1 Å². The highest BCUT2D eigenvalue weighted by Crippen LogP contribution is 2.38. The molecular weight excluding hydrogens is 593 g/mol. The zero-order valence-corrected chi connectivity index (χ0v) is 23.8. The average Bonchev–Trinajstić information content (AvgIpc) is 2.99. The average molecular weight is 621 g/mol. The number of alkyl halides is 3. The minimum absolute atomic E-state index is 0.00667. The molecule has 10 nitrogen and oxygen atoms in total. The molecule has 1 fully saturated rings. The van der Waals surface area contributed by atoms with Gasteiger partial charge in [0.25, 0.3) is 5.56 Å². The zero-order valence-electron chi connectivity index (χ0n) is 23.0. The summed E-state index contributed by atoms with van der Waals surface area (Å²) in [6, 6.07) is 6.86. The SMILES string of the molecule is Cn1c(=O)n(CCCOC2CCCCO2)c(=O)c2c(C(O)c3ccc(Cl)cc3)c(Oc3cncc(C(F)(F)F)c3)cnc21.